The normalized spacial score (nSPS) is 38.3. The molecule has 2 N–H and O–H groups in total. The van der Waals surface area contributed by atoms with Gasteiger partial charge in [0.25, 0.3) is 0 Å². The van der Waals surface area contributed by atoms with Crippen molar-refractivity contribution in [1.82, 2.24) is 4.90 Å². The number of hydrogen-bond donors (Lipinski definition) is 2. The minimum Gasteiger partial charge on any atom is -0.480 e. The Hall–Kier alpha value is -3.08. The number of carboxylic acid groups (broad SMARTS) is 1. The maximum absolute atomic E-state index is 13.9. The second-order valence-corrected chi connectivity index (χ2v) is 13.8. The van der Waals surface area contributed by atoms with E-state index in [1.54, 1.807) is 0 Å². The van der Waals surface area contributed by atoms with Gasteiger partial charge in [-0.1, -0.05) is 19.4 Å². The molecule has 11 nitrogen and oxygen atoms in total. The summed E-state index contributed by atoms with van der Waals surface area (Å²) in [6.07, 6.45) is 5.90. The molecule has 4 aliphatic carbocycles. The van der Waals surface area contributed by atoms with Crippen LogP contribution in [0.3, 0.4) is 0 Å². The number of carbonyl (C=O) groups excluding carboxylic acids is 5. The minimum absolute atomic E-state index is 0.0422. The van der Waals surface area contributed by atoms with Crippen LogP contribution in [0.15, 0.2) is 11.6 Å². The smallest absolute Gasteiger partial charge is 0.326 e. The fourth-order valence-corrected chi connectivity index (χ4v) is 9.50. The van der Waals surface area contributed by atoms with Crippen molar-refractivity contribution in [2.24, 2.45) is 28.6 Å². The average molecular weight is 602 g/mol. The molecule has 5 rings (SSSR count). The van der Waals surface area contributed by atoms with Gasteiger partial charge >= 0.3 is 17.9 Å². The Morgan fingerprint density at radius 3 is 2.42 bits per heavy atom. The number of β-amino-alcohol motifs (C(OH)–C–C–N with tert-alkyl or cyclic N) is 1. The van der Waals surface area contributed by atoms with E-state index in [9.17, 15) is 39.0 Å². The molecule has 0 radical (unpaired) electrons. The Morgan fingerprint density at radius 2 is 1.72 bits per heavy atom. The molecule has 0 aromatic carbocycles. The molecule has 236 valence electrons. The molecule has 1 aliphatic heterocycles. The number of esters is 2. The third kappa shape index (κ3) is 5.31. The number of Topliss-reactive ketones (excluding diaryl/α,β-unsaturated/α-hetero) is 1. The highest BCUT2D eigenvalue weighted by Crippen LogP contribution is 2.68. The summed E-state index contributed by atoms with van der Waals surface area (Å²) >= 11 is 0. The number of likely N-dealkylation sites (tertiary alicyclic amines) is 1. The molecule has 3 saturated carbocycles. The second-order valence-electron chi connectivity index (χ2n) is 13.8. The molecule has 4 fully saturated rings. The molecule has 43 heavy (non-hydrogen) atoms. The number of aliphatic hydroxyl groups is 1. The topological polar surface area (TPSA) is 165 Å². The van der Waals surface area contributed by atoms with E-state index >= 15 is 0 Å². The zero-order valence-corrected chi connectivity index (χ0v) is 25.3. The lowest BCUT2D eigenvalue weighted by molar-refractivity contribution is -0.191. The second kappa shape index (κ2) is 11.4. The van der Waals surface area contributed by atoms with Crippen molar-refractivity contribution in [2.45, 2.75) is 109 Å². The largest absolute Gasteiger partial charge is 0.480 e. The molecular weight excluding hydrogens is 558 g/mol. The van der Waals surface area contributed by atoms with E-state index in [2.05, 4.69) is 6.92 Å². The van der Waals surface area contributed by atoms with Gasteiger partial charge in [-0.25, -0.2) is 4.79 Å². The summed E-state index contributed by atoms with van der Waals surface area (Å²) in [6.45, 7) is 4.88. The van der Waals surface area contributed by atoms with Gasteiger partial charge in [-0.15, -0.1) is 0 Å². The Morgan fingerprint density at radius 1 is 1.00 bits per heavy atom. The molecule has 1 heterocycles. The molecule has 0 unspecified atom stereocenters. The average Bonchev–Trinajstić information content (AvgIpc) is 3.48. The van der Waals surface area contributed by atoms with Crippen molar-refractivity contribution in [3.05, 3.63) is 11.6 Å². The van der Waals surface area contributed by atoms with Crippen molar-refractivity contribution in [1.29, 1.82) is 0 Å². The summed E-state index contributed by atoms with van der Waals surface area (Å²) in [6, 6.07) is -1.15. The Balaban J connectivity index is 1.25. The molecule has 1 amide bonds. The van der Waals surface area contributed by atoms with Crippen LogP contribution in [0.4, 0.5) is 0 Å². The van der Waals surface area contributed by atoms with Crippen LogP contribution in [0.1, 0.15) is 91.4 Å². The van der Waals surface area contributed by atoms with Gasteiger partial charge in [0, 0.05) is 38.1 Å². The van der Waals surface area contributed by atoms with Crippen LogP contribution < -0.4 is 0 Å². The zero-order chi connectivity index (χ0) is 31.3. The number of aliphatic carboxylic acids is 1. The molecule has 8 atom stereocenters. The predicted octanol–water partition coefficient (Wildman–Crippen LogP) is 2.76. The number of ether oxygens (including phenoxy) is 2. The van der Waals surface area contributed by atoms with E-state index in [0.717, 1.165) is 30.6 Å². The number of carboxylic acids is 1. The highest BCUT2D eigenvalue weighted by atomic mass is 16.6. The van der Waals surface area contributed by atoms with Gasteiger partial charge in [-0.2, -0.15) is 0 Å². The standard InChI is InChI=1S/C32H43NO10/c1-18(34)43-32(26(37)17-42-28(39)7-6-27(38)33-16-21(36)15-25(33)29(40)41)13-10-24-22-5-4-19-14-20(35)8-11-30(19,2)23(22)9-12-31(24,32)3/h14,21-25,36H,4-13,15-17H2,1-3H3,(H,40,41)/t21-,22-,23+,24+,25-,30+,31+,32+/m1/s1. The third-order valence-electron chi connectivity index (χ3n) is 11.6. The van der Waals surface area contributed by atoms with Crippen LogP contribution in [0.5, 0.6) is 0 Å². The van der Waals surface area contributed by atoms with E-state index in [1.165, 1.54) is 12.5 Å². The maximum Gasteiger partial charge on any atom is 0.326 e. The van der Waals surface area contributed by atoms with Gasteiger partial charge in [0.2, 0.25) is 11.7 Å². The summed E-state index contributed by atoms with van der Waals surface area (Å²) in [5, 5.41) is 19.1. The molecule has 5 aliphatic rings. The number of fused-ring (bicyclic) bond motifs is 5. The summed E-state index contributed by atoms with van der Waals surface area (Å²) in [5.41, 5.74) is -0.855. The number of amides is 1. The number of allylic oxidation sites excluding steroid dienone is 1. The van der Waals surface area contributed by atoms with Gasteiger partial charge in [-0.3, -0.25) is 24.0 Å². The fraction of sp³-hybridized carbons (Fsp3) is 0.750. The molecule has 0 spiro atoms. The highest BCUT2D eigenvalue weighted by molar-refractivity contribution is 5.94. The van der Waals surface area contributed by atoms with Gasteiger partial charge in [0.15, 0.2) is 18.0 Å². The van der Waals surface area contributed by atoms with Crippen LogP contribution >= 0.6 is 0 Å². The van der Waals surface area contributed by atoms with Gasteiger partial charge < -0.3 is 24.6 Å². The summed E-state index contributed by atoms with van der Waals surface area (Å²) in [4.78, 5) is 76.1. The molecular formula is C32H43NO10. The number of aliphatic hydroxyl groups excluding tert-OH is 1. The minimum atomic E-state index is -1.43. The molecule has 1 saturated heterocycles. The maximum atomic E-state index is 13.9. The van der Waals surface area contributed by atoms with Crippen molar-refractivity contribution >= 4 is 35.4 Å². The number of ketones is 2. The SMILES string of the molecule is CC(=O)O[C@]1(C(=O)COC(=O)CCC(=O)N2C[C@H](O)C[C@@H]2C(=O)O)CC[C@H]2[C@@H]3CCC4=CC(=O)CC[C@]4(C)[C@H]3CC[C@@]21C. The van der Waals surface area contributed by atoms with E-state index in [4.69, 9.17) is 9.47 Å². The predicted molar refractivity (Wildman–Crippen MR) is 150 cm³/mol. The summed E-state index contributed by atoms with van der Waals surface area (Å²) < 4.78 is 11.2. The monoisotopic (exact) mass is 601 g/mol. The number of carbonyl (C=O) groups is 6. The Kier molecular flexibility index (Phi) is 8.35. The molecule has 0 aromatic heterocycles. The van der Waals surface area contributed by atoms with Crippen LogP contribution in [-0.4, -0.2) is 81.4 Å². The van der Waals surface area contributed by atoms with E-state index < -0.39 is 59.4 Å². The first kappa shape index (κ1) is 31.3. The molecule has 0 bridgehead atoms. The quantitative estimate of drug-likeness (QED) is 0.395. The number of nitrogens with zero attached hydrogens (tertiary/aromatic N) is 1. The van der Waals surface area contributed by atoms with E-state index in [-0.39, 0.29) is 42.9 Å². The van der Waals surface area contributed by atoms with Gasteiger partial charge in [0.1, 0.15) is 6.04 Å². The van der Waals surface area contributed by atoms with Gasteiger partial charge in [0.05, 0.1) is 12.5 Å². The van der Waals surface area contributed by atoms with Crippen LogP contribution in [0, 0.1) is 28.6 Å². The number of rotatable bonds is 8. The third-order valence-corrected chi connectivity index (χ3v) is 11.6. The molecule has 11 heteroatoms. The Bertz CT molecular complexity index is 1260. The summed E-state index contributed by atoms with van der Waals surface area (Å²) in [7, 11) is 0. The number of hydrogen-bond acceptors (Lipinski definition) is 9. The van der Waals surface area contributed by atoms with Crippen LogP contribution in [0.25, 0.3) is 0 Å². The van der Waals surface area contributed by atoms with E-state index in [1.807, 2.05) is 13.0 Å². The van der Waals surface area contributed by atoms with Crippen molar-refractivity contribution in [2.75, 3.05) is 13.2 Å². The van der Waals surface area contributed by atoms with Crippen molar-refractivity contribution in [3.8, 4) is 0 Å². The Labute approximate surface area is 251 Å². The highest BCUT2D eigenvalue weighted by Gasteiger charge is 2.68. The lowest BCUT2D eigenvalue weighted by Gasteiger charge is -2.59. The van der Waals surface area contributed by atoms with Crippen LogP contribution in [-0.2, 0) is 38.2 Å². The zero-order valence-electron chi connectivity index (χ0n) is 25.3. The van der Waals surface area contributed by atoms with E-state index in [0.29, 0.717) is 37.5 Å². The first-order chi connectivity index (χ1) is 20.2. The lowest BCUT2D eigenvalue weighted by Crippen LogP contribution is -2.59. The summed E-state index contributed by atoms with van der Waals surface area (Å²) in [5.74, 6) is -2.59. The van der Waals surface area contributed by atoms with Crippen molar-refractivity contribution in [3.63, 3.8) is 0 Å². The van der Waals surface area contributed by atoms with Crippen LogP contribution in [0.2, 0.25) is 0 Å². The lowest BCUT2D eigenvalue weighted by atomic mass is 9.46. The van der Waals surface area contributed by atoms with Gasteiger partial charge in [-0.05, 0) is 74.2 Å². The van der Waals surface area contributed by atoms with Crippen molar-refractivity contribution < 1.29 is 48.5 Å². The fourth-order valence-electron chi connectivity index (χ4n) is 9.50. The molecule has 0 aromatic rings. The first-order valence-corrected chi connectivity index (χ1v) is 15.5. The first-order valence-electron chi connectivity index (χ1n) is 15.5.